The number of nitrogens with two attached hydrogens (primary N) is 1. The van der Waals surface area contributed by atoms with Gasteiger partial charge in [-0.3, -0.25) is 0 Å². The van der Waals surface area contributed by atoms with Crippen LogP contribution in [0.15, 0.2) is 21.4 Å². The van der Waals surface area contributed by atoms with E-state index in [1.165, 1.54) is 0 Å². The second-order valence-corrected chi connectivity index (χ2v) is 6.52. The molecule has 0 aromatic carbocycles. The Morgan fingerprint density at radius 2 is 2.35 bits per heavy atom. The molecule has 88 valence electrons. The first-order chi connectivity index (χ1) is 8.24. The van der Waals surface area contributed by atoms with E-state index in [9.17, 15) is 0 Å². The highest BCUT2D eigenvalue weighted by molar-refractivity contribution is 9.11. The third kappa shape index (κ3) is 2.14. The normalized spacial score (nSPS) is 19.1. The minimum Gasteiger partial charge on any atom is -0.324 e. The van der Waals surface area contributed by atoms with E-state index in [1.54, 1.807) is 11.3 Å². The Morgan fingerprint density at radius 1 is 1.47 bits per heavy atom. The van der Waals surface area contributed by atoms with Crippen molar-refractivity contribution in [3.63, 3.8) is 0 Å². The minimum absolute atomic E-state index is 0.113. The summed E-state index contributed by atoms with van der Waals surface area (Å²) in [6.45, 7) is 0. The SMILES string of the molecule is NC1CCCc2nc(-c3csc(Br)c3)ncc21. The van der Waals surface area contributed by atoms with Crippen LogP contribution >= 0.6 is 27.3 Å². The zero-order valence-electron chi connectivity index (χ0n) is 9.19. The summed E-state index contributed by atoms with van der Waals surface area (Å²) in [6, 6.07) is 2.16. The number of nitrogens with zero attached hydrogens (tertiary/aromatic N) is 2. The maximum absolute atomic E-state index is 6.05. The van der Waals surface area contributed by atoms with Gasteiger partial charge in [0.1, 0.15) is 0 Å². The molecule has 2 aromatic rings. The van der Waals surface area contributed by atoms with Crippen LogP contribution in [0.25, 0.3) is 11.4 Å². The lowest BCUT2D eigenvalue weighted by molar-refractivity contribution is 0.557. The smallest absolute Gasteiger partial charge is 0.160 e. The second-order valence-electron chi connectivity index (χ2n) is 4.23. The summed E-state index contributed by atoms with van der Waals surface area (Å²) in [6.07, 6.45) is 5.08. The van der Waals surface area contributed by atoms with Crippen LogP contribution in [0, 0.1) is 0 Å². The fourth-order valence-corrected chi connectivity index (χ4v) is 3.28. The van der Waals surface area contributed by atoms with Crippen LogP contribution in [-0.4, -0.2) is 9.97 Å². The quantitative estimate of drug-likeness (QED) is 0.879. The monoisotopic (exact) mass is 309 g/mol. The van der Waals surface area contributed by atoms with Crippen molar-refractivity contribution in [1.29, 1.82) is 0 Å². The minimum atomic E-state index is 0.113. The average molecular weight is 310 g/mol. The van der Waals surface area contributed by atoms with Gasteiger partial charge in [-0.15, -0.1) is 11.3 Å². The van der Waals surface area contributed by atoms with Gasteiger partial charge in [0.2, 0.25) is 0 Å². The summed E-state index contributed by atoms with van der Waals surface area (Å²) in [5.41, 5.74) is 9.37. The molecule has 0 saturated heterocycles. The molecule has 5 heteroatoms. The van der Waals surface area contributed by atoms with E-state index in [4.69, 9.17) is 5.73 Å². The number of halogens is 1. The average Bonchev–Trinajstić information content (AvgIpc) is 2.76. The van der Waals surface area contributed by atoms with E-state index in [1.807, 2.05) is 6.20 Å². The first kappa shape index (κ1) is 11.3. The standard InChI is InChI=1S/C12H12BrN3S/c13-11-4-7(6-17-11)12-15-5-8-9(14)2-1-3-10(8)16-12/h4-6,9H,1-3,14H2. The molecule has 1 unspecified atom stereocenters. The van der Waals surface area contributed by atoms with E-state index in [0.29, 0.717) is 0 Å². The van der Waals surface area contributed by atoms with E-state index in [2.05, 4.69) is 37.3 Å². The molecule has 1 aliphatic carbocycles. The fourth-order valence-electron chi connectivity index (χ4n) is 2.15. The Morgan fingerprint density at radius 3 is 3.12 bits per heavy atom. The molecule has 1 aliphatic rings. The van der Waals surface area contributed by atoms with E-state index >= 15 is 0 Å². The lowest BCUT2D eigenvalue weighted by atomic mass is 9.93. The predicted octanol–water partition coefficient (Wildman–Crippen LogP) is 3.30. The van der Waals surface area contributed by atoms with E-state index in [-0.39, 0.29) is 6.04 Å². The molecule has 1 atom stereocenters. The number of thiophene rings is 1. The van der Waals surface area contributed by atoms with Crippen LogP contribution in [0.3, 0.4) is 0 Å². The van der Waals surface area contributed by atoms with E-state index < -0.39 is 0 Å². The molecule has 3 nitrogen and oxygen atoms in total. The van der Waals surface area contributed by atoms with Gasteiger partial charge in [0.15, 0.2) is 5.82 Å². The summed E-state index contributed by atoms with van der Waals surface area (Å²) in [5, 5.41) is 2.06. The molecule has 2 heterocycles. The molecular formula is C12H12BrN3S. The zero-order valence-corrected chi connectivity index (χ0v) is 11.6. The van der Waals surface area contributed by atoms with Crippen molar-refractivity contribution in [2.75, 3.05) is 0 Å². The highest BCUT2D eigenvalue weighted by atomic mass is 79.9. The number of fused-ring (bicyclic) bond motifs is 1. The van der Waals surface area contributed by atoms with Crippen molar-refractivity contribution in [2.45, 2.75) is 25.3 Å². The van der Waals surface area contributed by atoms with Crippen LogP contribution in [0.4, 0.5) is 0 Å². The molecule has 2 N–H and O–H groups in total. The number of rotatable bonds is 1. The molecule has 3 rings (SSSR count). The third-order valence-electron chi connectivity index (χ3n) is 3.05. The Balaban J connectivity index is 2.03. The van der Waals surface area contributed by atoms with Gasteiger partial charge >= 0.3 is 0 Å². The molecule has 0 aliphatic heterocycles. The van der Waals surface area contributed by atoms with Crippen LogP contribution < -0.4 is 5.73 Å². The summed E-state index contributed by atoms with van der Waals surface area (Å²) in [7, 11) is 0. The summed E-state index contributed by atoms with van der Waals surface area (Å²) in [5.74, 6) is 0.805. The van der Waals surface area contributed by atoms with Gasteiger partial charge in [-0.2, -0.15) is 0 Å². The molecule has 0 amide bonds. The molecule has 17 heavy (non-hydrogen) atoms. The second kappa shape index (κ2) is 4.48. The highest BCUT2D eigenvalue weighted by Gasteiger charge is 2.19. The molecule has 0 bridgehead atoms. The molecule has 2 aromatic heterocycles. The largest absolute Gasteiger partial charge is 0.324 e. The number of aryl methyl sites for hydroxylation is 1. The third-order valence-corrected chi connectivity index (χ3v) is 4.56. The summed E-state index contributed by atoms with van der Waals surface area (Å²) >= 11 is 5.11. The Hall–Kier alpha value is -0.780. The predicted molar refractivity (Wildman–Crippen MR) is 72.9 cm³/mol. The van der Waals surface area contributed by atoms with Gasteiger partial charge in [0.05, 0.1) is 3.79 Å². The first-order valence-electron chi connectivity index (χ1n) is 5.60. The van der Waals surface area contributed by atoms with Crippen LogP contribution in [0.5, 0.6) is 0 Å². The zero-order chi connectivity index (χ0) is 11.8. The van der Waals surface area contributed by atoms with E-state index in [0.717, 1.165) is 45.7 Å². The lowest BCUT2D eigenvalue weighted by Gasteiger charge is -2.20. The van der Waals surface area contributed by atoms with Crippen LogP contribution in [0.1, 0.15) is 30.1 Å². The molecule has 0 saturated carbocycles. The maximum Gasteiger partial charge on any atom is 0.160 e. The van der Waals surface area contributed by atoms with Crippen molar-refractivity contribution in [3.8, 4) is 11.4 Å². The molecule has 0 fully saturated rings. The Labute approximate surface area is 112 Å². The van der Waals surface area contributed by atoms with Crippen molar-refractivity contribution in [2.24, 2.45) is 5.73 Å². The van der Waals surface area contributed by atoms with Gasteiger partial charge in [-0.1, -0.05) is 0 Å². The molecule has 0 spiro atoms. The molecular weight excluding hydrogens is 298 g/mol. The summed E-state index contributed by atoms with van der Waals surface area (Å²) in [4.78, 5) is 9.06. The molecule has 0 radical (unpaired) electrons. The van der Waals surface area contributed by atoms with Gasteiger partial charge in [-0.25, -0.2) is 9.97 Å². The highest BCUT2D eigenvalue weighted by Crippen LogP contribution is 2.30. The fraction of sp³-hybridized carbons (Fsp3) is 0.333. The van der Waals surface area contributed by atoms with Gasteiger partial charge in [-0.05, 0) is 41.3 Å². The van der Waals surface area contributed by atoms with Gasteiger partial charge in [0, 0.05) is 34.4 Å². The number of aromatic nitrogens is 2. The van der Waals surface area contributed by atoms with Crippen LogP contribution in [0.2, 0.25) is 0 Å². The first-order valence-corrected chi connectivity index (χ1v) is 7.27. The lowest BCUT2D eigenvalue weighted by Crippen LogP contribution is -2.19. The maximum atomic E-state index is 6.05. The van der Waals surface area contributed by atoms with Gasteiger partial charge in [0.25, 0.3) is 0 Å². The van der Waals surface area contributed by atoms with Crippen molar-refractivity contribution in [3.05, 3.63) is 32.7 Å². The van der Waals surface area contributed by atoms with Crippen LogP contribution in [-0.2, 0) is 6.42 Å². The number of hydrogen-bond donors (Lipinski definition) is 1. The van der Waals surface area contributed by atoms with Crippen molar-refractivity contribution in [1.82, 2.24) is 9.97 Å². The Kier molecular flexibility index (Phi) is 2.98. The topological polar surface area (TPSA) is 51.8 Å². The summed E-state index contributed by atoms with van der Waals surface area (Å²) < 4.78 is 1.10. The van der Waals surface area contributed by atoms with Crippen molar-refractivity contribution < 1.29 is 0 Å². The number of hydrogen-bond acceptors (Lipinski definition) is 4. The Bertz CT molecular complexity index is 552. The van der Waals surface area contributed by atoms with Gasteiger partial charge < -0.3 is 5.73 Å². The van der Waals surface area contributed by atoms with Crippen molar-refractivity contribution >= 4 is 27.3 Å².